The van der Waals surface area contributed by atoms with E-state index in [0.717, 1.165) is 25.1 Å². The Morgan fingerprint density at radius 3 is 3.17 bits per heavy atom. The topological polar surface area (TPSA) is 61.4 Å². The first-order chi connectivity index (χ1) is 8.70. The number of aliphatic hydroxyl groups excluding tert-OH is 1. The molecule has 0 saturated carbocycles. The van der Waals surface area contributed by atoms with Crippen molar-refractivity contribution in [1.29, 1.82) is 0 Å². The van der Waals surface area contributed by atoms with Gasteiger partial charge in [-0.2, -0.15) is 0 Å². The molecule has 1 heterocycles. The van der Waals surface area contributed by atoms with Gasteiger partial charge in [0.05, 0.1) is 6.10 Å². The minimum Gasteiger partial charge on any atom is -0.391 e. The molecule has 0 fully saturated rings. The number of aliphatic hydroxyl groups is 1. The van der Waals surface area contributed by atoms with Crippen LogP contribution in [0.15, 0.2) is 18.2 Å². The van der Waals surface area contributed by atoms with Gasteiger partial charge in [0, 0.05) is 24.3 Å². The smallest absolute Gasteiger partial charge is 0.251 e. The van der Waals surface area contributed by atoms with E-state index in [-0.39, 0.29) is 5.91 Å². The third kappa shape index (κ3) is 3.01. The highest BCUT2D eigenvalue weighted by Crippen LogP contribution is 2.22. The maximum absolute atomic E-state index is 11.9. The molecule has 1 aromatic rings. The molecule has 1 atom stereocenters. The molecule has 2 rings (SSSR count). The Morgan fingerprint density at radius 1 is 1.56 bits per heavy atom. The molecule has 1 aliphatic rings. The van der Waals surface area contributed by atoms with Crippen molar-refractivity contribution in [2.75, 3.05) is 18.4 Å². The molecule has 0 aliphatic carbocycles. The highest BCUT2D eigenvalue weighted by atomic mass is 16.3. The lowest BCUT2D eigenvalue weighted by molar-refractivity contribution is 0.0910. The lowest BCUT2D eigenvalue weighted by Crippen LogP contribution is -2.32. The summed E-state index contributed by atoms with van der Waals surface area (Å²) >= 11 is 0. The van der Waals surface area contributed by atoms with E-state index in [1.54, 1.807) is 0 Å². The molecule has 18 heavy (non-hydrogen) atoms. The van der Waals surface area contributed by atoms with Crippen LogP contribution in [0.3, 0.4) is 0 Å². The SMILES string of the molecule is CCCC(O)CNC(=O)c1ccc2c(c1)CCN2. The summed E-state index contributed by atoms with van der Waals surface area (Å²) in [6.07, 6.45) is 2.15. The van der Waals surface area contributed by atoms with E-state index in [2.05, 4.69) is 10.6 Å². The minimum absolute atomic E-state index is 0.111. The second-order valence-electron chi connectivity index (χ2n) is 4.70. The summed E-state index contributed by atoms with van der Waals surface area (Å²) in [5, 5.41) is 15.6. The maximum Gasteiger partial charge on any atom is 0.251 e. The molecule has 1 amide bonds. The van der Waals surface area contributed by atoms with Gasteiger partial charge in [0.2, 0.25) is 0 Å². The van der Waals surface area contributed by atoms with Gasteiger partial charge in [-0.05, 0) is 36.6 Å². The lowest BCUT2D eigenvalue weighted by atomic mass is 10.1. The molecule has 1 aromatic carbocycles. The molecule has 0 aromatic heterocycles. The second-order valence-corrected chi connectivity index (χ2v) is 4.70. The number of nitrogens with one attached hydrogen (secondary N) is 2. The Hall–Kier alpha value is -1.55. The molecule has 3 N–H and O–H groups in total. The summed E-state index contributed by atoms with van der Waals surface area (Å²) < 4.78 is 0. The fourth-order valence-electron chi connectivity index (χ4n) is 2.19. The summed E-state index contributed by atoms with van der Waals surface area (Å²) in [5.74, 6) is -0.111. The Morgan fingerprint density at radius 2 is 2.39 bits per heavy atom. The summed E-state index contributed by atoms with van der Waals surface area (Å²) in [4.78, 5) is 11.9. The van der Waals surface area contributed by atoms with E-state index < -0.39 is 6.10 Å². The van der Waals surface area contributed by atoms with Gasteiger partial charge >= 0.3 is 0 Å². The zero-order valence-corrected chi connectivity index (χ0v) is 10.7. The Labute approximate surface area is 107 Å². The van der Waals surface area contributed by atoms with E-state index in [4.69, 9.17) is 0 Å². The Balaban J connectivity index is 1.93. The van der Waals surface area contributed by atoms with Crippen LogP contribution in [-0.2, 0) is 6.42 Å². The van der Waals surface area contributed by atoms with Gasteiger partial charge < -0.3 is 15.7 Å². The van der Waals surface area contributed by atoms with Crippen LogP contribution >= 0.6 is 0 Å². The molecule has 0 spiro atoms. The van der Waals surface area contributed by atoms with Crippen LogP contribution in [0.25, 0.3) is 0 Å². The minimum atomic E-state index is -0.449. The molecule has 1 unspecified atom stereocenters. The second kappa shape index (κ2) is 5.87. The van der Waals surface area contributed by atoms with Crippen LogP contribution in [0.1, 0.15) is 35.7 Å². The van der Waals surface area contributed by atoms with Gasteiger partial charge in [0.1, 0.15) is 0 Å². The first-order valence-electron chi connectivity index (χ1n) is 6.53. The fraction of sp³-hybridized carbons (Fsp3) is 0.500. The highest BCUT2D eigenvalue weighted by molar-refractivity contribution is 5.95. The average Bonchev–Trinajstić information content (AvgIpc) is 2.83. The third-order valence-corrected chi connectivity index (χ3v) is 3.20. The molecule has 98 valence electrons. The predicted octanol–water partition coefficient (Wildman–Crippen LogP) is 1.55. The number of anilines is 1. The van der Waals surface area contributed by atoms with Crippen molar-refractivity contribution in [2.45, 2.75) is 32.3 Å². The van der Waals surface area contributed by atoms with Gasteiger partial charge in [-0.3, -0.25) is 4.79 Å². The largest absolute Gasteiger partial charge is 0.391 e. The van der Waals surface area contributed by atoms with Crippen molar-refractivity contribution in [3.8, 4) is 0 Å². The van der Waals surface area contributed by atoms with Crippen molar-refractivity contribution in [1.82, 2.24) is 5.32 Å². The number of fused-ring (bicyclic) bond motifs is 1. The van der Waals surface area contributed by atoms with Crippen molar-refractivity contribution in [2.24, 2.45) is 0 Å². The maximum atomic E-state index is 11.9. The van der Waals surface area contributed by atoms with Gasteiger partial charge in [-0.15, -0.1) is 0 Å². The molecule has 0 radical (unpaired) electrons. The summed E-state index contributed by atoms with van der Waals surface area (Å²) in [7, 11) is 0. The number of rotatable bonds is 5. The van der Waals surface area contributed by atoms with Crippen LogP contribution in [0, 0.1) is 0 Å². The Kier molecular flexibility index (Phi) is 4.20. The van der Waals surface area contributed by atoms with E-state index in [1.807, 2.05) is 25.1 Å². The van der Waals surface area contributed by atoms with E-state index in [9.17, 15) is 9.90 Å². The summed E-state index contributed by atoms with van der Waals surface area (Å²) in [5.41, 5.74) is 2.98. The van der Waals surface area contributed by atoms with Gasteiger partial charge in [-0.1, -0.05) is 13.3 Å². The van der Waals surface area contributed by atoms with Crippen LogP contribution in [0.2, 0.25) is 0 Å². The van der Waals surface area contributed by atoms with E-state index in [0.29, 0.717) is 18.5 Å². The van der Waals surface area contributed by atoms with Crippen molar-refractivity contribution in [3.05, 3.63) is 29.3 Å². The number of amides is 1. The molecule has 4 heteroatoms. The van der Waals surface area contributed by atoms with E-state index in [1.165, 1.54) is 5.56 Å². The third-order valence-electron chi connectivity index (χ3n) is 3.20. The number of hydrogen-bond acceptors (Lipinski definition) is 3. The van der Waals surface area contributed by atoms with Gasteiger partial charge in [0.15, 0.2) is 0 Å². The first-order valence-corrected chi connectivity index (χ1v) is 6.53. The number of benzene rings is 1. The van der Waals surface area contributed by atoms with Crippen LogP contribution < -0.4 is 10.6 Å². The molecule has 4 nitrogen and oxygen atoms in total. The lowest BCUT2D eigenvalue weighted by Gasteiger charge is -2.11. The van der Waals surface area contributed by atoms with Crippen molar-refractivity contribution in [3.63, 3.8) is 0 Å². The molecule has 1 aliphatic heterocycles. The summed E-state index contributed by atoms with van der Waals surface area (Å²) in [6.45, 7) is 3.27. The predicted molar refractivity (Wildman–Crippen MR) is 71.9 cm³/mol. The standard InChI is InChI=1S/C14H20N2O2/c1-2-3-12(17)9-16-14(18)11-4-5-13-10(8-11)6-7-15-13/h4-5,8,12,15,17H,2-3,6-7,9H2,1H3,(H,16,18). The zero-order valence-electron chi connectivity index (χ0n) is 10.7. The van der Waals surface area contributed by atoms with Gasteiger partial charge in [0.25, 0.3) is 5.91 Å². The fourth-order valence-corrected chi connectivity index (χ4v) is 2.19. The monoisotopic (exact) mass is 248 g/mol. The average molecular weight is 248 g/mol. The number of carbonyl (C=O) groups is 1. The number of hydrogen-bond donors (Lipinski definition) is 3. The van der Waals surface area contributed by atoms with Crippen molar-refractivity contribution >= 4 is 11.6 Å². The molecular weight excluding hydrogens is 228 g/mol. The van der Waals surface area contributed by atoms with Crippen LogP contribution in [0.5, 0.6) is 0 Å². The normalized spacial score (nSPS) is 14.8. The van der Waals surface area contributed by atoms with Gasteiger partial charge in [-0.25, -0.2) is 0 Å². The van der Waals surface area contributed by atoms with E-state index >= 15 is 0 Å². The quantitative estimate of drug-likeness (QED) is 0.741. The molecular formula is C14H20N2O2. The summed E-state index contributed by atoms with van der Waals surface area (Å²) in [6, 6.07) is 5.69. The highest BCUT2D eigenvalue weighted by Gasteiger charge is 2.13. The Bertz CT molecular complexity index is 432. The van der Waals surface area contributed by atoms with Crippen molar-refractivity contribution < 1.29 is 9.90 Å². The first kappa shape index (κ1) is 12.9. The number of carbonyl (C=O) groups excluding carboxylic acids is 1. The molecule has 0 bridgehead atoms. The zero-order chi connectivity index (χ0) is 13.0. The van der Waals surface area contributed by atoms with Crippen LogP contribution in [0.4, 0.5) is 5.69 Å². The molecule has 0 saturated heterocycles. The van der Waals surface area contributed by atoms with Crippen LogP contribution in [-0.4, -0.2) is 30.2 Å².